The third kappa shape index (κ3) is 6.24. The van der Waals surface area contributed by atoms with Gasteiger partial charge in [-0.05, 0) is 42.7 Å². The van der Waals surface area contributed by atoms with Gasteiger partial charge in [-0.2, -0.15) is 0 Å². The molecule has 0 aliphatic carbocycles. The first-order valence-electron chi connectivity index (χ1n) is 9.10. The van der Waals surface area contributed by atoms with Crippen molar-refractivity contribution in [1.82, 2.24) is 5.32 Å². The Morgan fingerprint density at radius 3 is 2.15 bits per heavy atom. The molecule has 2 rings (SSSR count). The van der Waals surface area contributed by atoms with Gasteiger partial charge in [-0.1, -0.05) is 44.2 Å². The fourth-order valence-corrected chi connectivity index (χ4v) is 2.66. The normalized spacial score (nSPS) is 11.5. The Hall–Kier alpha value is -2.82. The predicted octanol–water partition coefficient (Wildman–Crippen LogP) is 4.10. The summed E-state index contributed by atoms with van der Waals surface area (Å²) in [4.78, 5) is 23.8. The summed E-state index contributed by atoms with van der Waals surface area (Å²) >= 11 is 0. The number of amides is 2. The van der Waals surface area contributed by atoms with E-state index in [1.54, 1.807) is 0 Å². The van der Waals surface area contributed by atoms with Gasteiger partial charge in [-0.15, -0.1) is 0 Å². The highest BCUT2D eigenvalue weighted by atomic mass is 16.2. The number of anilines is 2. The Balaban J connectivity index is 1.82. The summed E-state index contributed by atoms with van der Waals surface area (Å²) in [6, 6.07) is 17.3. The highest BCUT2D eigenvalue weighted by Gasteiger charge is 2.12. The van der Waals surface area contributed by atoms with Crippen LogP contribution in [0.5, 0.6) is 0 Å². The van der Waals surface area contributed by atoms with Crippen molar-refractivity contribution in [3.63, 3.8) is 0 Å². The van der Waals surface area contributed by atoms with Crippen molar-refractivity contribution in [2.24, 2.45) is 0 Å². The van der Waals surface area contributed by atoms with Gasteiger partial charge in [0.05, 0.1) is 12.6 Å². The number of hydrogen-bond donors (Lipinski definition) is 3. The van der Waals surface area contributed by atoms with Crippen LogP contribution in [0.25, 0.3) is 0 Å². The molecule has 0 aliphatic rings. The van der Waals surface area contributed by atoms with E-state index in [1.165, 1.54) is 0 Å². The lowest BCUT2D eigenvalue weighted by Crippen LogP contribution is -2.33. The molecule has 138 valence electrons. The minimum atomic E-state index is -0.0546. The van der Waals surface area contributed by atoms with Crippen LogP contribution in [0, 0.1) is 0 Å². The highest BCUT2D eigenvalue weighted by molar-refractivity contribution is 5.90. The summed E-state index contributed by atoms with van der Waals surface area (Å²) in [5.74, 6) is -0.0415. The Labute approximate surface area is 155 Å². The molecule has 3 N–H and O–H groups in total. The fourth-order valence-electron chi connectivity index (χ4n) is 2.66. The SMILES string of the molecule is CCCC(=O)Nc1ccc(NCC(=O)NC(CC)c2ccccc2)cc1. The van der Waals surface area contributed by atoms with Crippen molar-refractivity contribution in [3.8, 4) is 0 Å². The van der Waals surface area contributed by atoms with E-state index in [0.29, 0.717) is 6.42 Å². The molecule has 1 unspecified atom stereocenters. The van der Waals surface area contributed by atoms with Crippen LogP contribution in [0.1, 0.15) is 44.7 Å². The van der Waals surface area contributed by atoms with Gasteiger partial charge in [-0.3, -0.25) is 9.59 Å². The van der Waals surface area contributed by atoms with Crippen molar-refractivity contribution < 1.29 is 9.59 Å². The van der Waals surface area contributed by atoms with E-state index in [4.69, 9.17) is 0 Å². The van der Waals surface area contributed by atoms with Crippen LogP contribution >= 0.6 is 0 Å². The van der Waals surface area contributed by atoms with E-state index in [2.05, 4.69) is 22.9 Å². The first-order chi connectivity index (χ1) is 12.6. The third-order valence-corrected chi connectivity index (χ3v) is 4.04. The molecule has 0 spiro atoms. The van der Waals surface area contributed by atoms with Crippen LogP contribution in [0.4, 0.5) is 11.4 Å². The first-order valence-corrected chi connectivity index (χ1v) is 9.10. The fraction of sp³-hybridized carbons (Fsp3) is 0.333. The molecule has 0 heterocycles. The van der Waals surface area contributed by atoms with Gasteiger partial charge in [0.1, 0.15) is 0 Å². The van der Waals surface area contributed by atoms with Crippen LogP contribution in [0.2, 0.25) is 0 Å². The minimum absolute atomic E-state index is 0.0131. The topological polar surface area (TPSA) is 70.2 Å². The van der Waals surface area contributed by atoms with E-state index in [9.17, 15) is 9.59 Å². The molecule has 0 aliphatic heterocycles. The molecule has 0 fully saturated rings. The van der Waals surface area contributed by atoms with E-state index in [-0.39, 0.29) is 24.4 Å². The van der Waals surface area contributed by atoms with Crippen molar-refractivity contribution in [1.29, 1.82) is 0 Å². The lowest BCUT2D eigenvalue weighted by molar-refractivity contribution is -0.120. The molecule has 0 saturated carbocycles. The molecule has 5 heteroatoms. The van der Waals surface area contributed by atoms with E-state index >= 15 is 0 Å². The monoisotopic (exact) mass is 353 g/mol. The molecular weight excluding hydrogens is 326 g/mol. The number of hydrogen-bond acceptors (Lipinski definition) is 3. The van der Waals surface area contributed by atoms with Crippen LogP contribution < -0.4 is 16.0 Å². The van der Waals surface area contributed by atoms with Gasteiger partial charge >= 0.3 is 0 Å². The zero-order valence-corrected chi connectivity index (χ0v) is 15.4. The predicted molar refractivity (Wildman–Crippen MR) is 106 cm³/mol. The minimum Gasteiger partial charge on any atom is -0.376 e. The molecule has 2 amide bonds. The lowest BCUT2D eigenvalue weighted by atomic mass is 10.0. The Morgan fingerprint density at radius 2 is 1.54 bits per heavy atom. The second-order valence-electron chi connectivity index (χ2n) is 6.17. The molecule has 1 atom stereocenters. The van der Waals surface area contributed by atoms with Gasteiger partial charge in [0.25, 0.3) is 0 Å². The first kappa shape index (κ1) is 19.5. The number of carbonyl (C=O) groups excluding carboxylic acids is 2. The Kier molecular flexibility index (Phi) is 7.68. The zero-order valence-electron chi connectivity index (χ0n) is 15.4. The van der Waals surface area contributed by atoms with Crippen LogP contribution in [-0.2, 0) is 9.59 Å². The number of carbonyl (C=O) groups is 2. The van der Waals surface area contributed by atoms with Gasteiger partial charge in [0, 0.05) is 17.8 Å². The molecule has 2 aromatic carbocycles. The van der Waals surface area contributed by atoms with Gasteiger partial charge in [-0.25, -0.2) is 0 Å². The van der Waals surface area contributed by atoms with Crippen molar-refractivity contribution in [2.45, 2.75) is 39.2 Å². The second kappa shape index (κ2) is 10.2. The quantitative estimate of drug-likeness (QED) is 0.635. The van der Waals surface area contributed by atoms with Crippen molar-refractivity contribution in [2.75, 3.05) is 17.2 Å². The Morgan fingerprint density at radius 1 is 0.885 bits per heavy atom. The summed E-state index contributed by atoms with van der Waals surface area (Å²) in [6.45, 7) is 4.22. The van der Waals surface area contributed by atoms with Gasteiger partial charge in [0.15, 0.2) is 0 Å². The molecule has 0 radical (unpaired) electrons. The molecule has 26 heavy (non-hydrogen) atoms. The summed E-state index contributed by atoms with van der Waals surface area (Å²) in [6.07, 6.45) is 2.17. The van der Waals surface area contributed by atoms with E-state index < -0.39 is 0 Å². The number of rotatable bonds is 9. The molecule has 0 bridgehead atoms. The Bertz CT molecular complexity index is 699. The van der Waals surface area contributed by atoms with Crippen molar-refractivity contribution >= 4 is 23.2 Å². The van der Waals surface area contributed by atoms with Crippen LogP contribution in [0.3, 0.4) is 0 Å². The van der Waals surface area contributed by atoms with Gasteiger partial charge < -0.3 is 16.0 Å². The summed E-state index contributed by atoms with van der Waals surface area (Å²) in [5, 5.41) is 8.99. The molecule has 5 nitrogen and oxygen atoms in total. The summed E-state index contributed by atoms with van der Waals surface area (Å²) in [5.41, 5.74) is 2.70. The van der Waals surface area contributed by atoms with Crippen LogP contribution in [-0.4, -0.2) is 18.4 Å². The number of nitrogens with one attached hydrogen (secondary N) is 3. The second-order valence-corrected chi connectivity index (χ2v) is 6.17. The maximum atomic E-state index is 12.2. The largest absolute Gasteiger partial charge is 0.376 e. The third-order valence-electron chi connectivity index (χ3n) is 4.04. The molecule has 0 saturated heterocycles. The molecule has 0 aromatic heterocycles. The summed E-state index contributed by atoms with van der Waals surface area (Å²) in [7, 11) is 0. The smallest absolute Gasteiger partial charge is 0.239 e. The molecular formula is C21H27N3O2. The standard InChI is InChI=1S/C21H27N3O2/c1-3-8-20(25)23-18-13-11-17(12-14-18)22-15-21(26)24-19(4-2)16-9-6-5-7-10-16/h5-7,9-14,19,22H,3-4,8,15H2,1-2H3,(H,23,25)(H,24,26). The average molecular weight is 353 g/mol. The highest BCUT2D eigenvalue weighted by Crippen LogP contribution is 2.16. The maximum absolute atomic E-state index is 12.2. The average Bonchev–Trinajstić information content (AvgIpc) is 2.66. The van der Waals surface area contributed by atoms with Crippen LogP contribution in [0.15, 0.2) is 54.6 Å². The lowest BCUT2D eigenvalue weighted by Gasteiger charge is -2.18. The molecule has 2 aromatic rings. The van der Waals surface area contributed by atoms with E-state index in [0.717, 1.165) is 29.8 Å². The maximum Gasteiger partial charge on any atom is 0.239 e. The van der Waals surface area contributed by atoms with Crippen molar-refractivity contribution in [3.05, 3.63) is 60.2 Å². The van der Waals surface area contributed by atoms with Gasteiger partial charge in [0.2, 0.25) is 11.8 Å². The zero-order chi connectivity index (χ0) is 18.8. The van der Waals surface area contributed by atoms with E-state index in [1.807, 2.05) is 61.5 Å². The summed E-state index contributed by atoms with van der Waals surface area (Å²) < 4.78 is 0. The number of benzene rings is 2.